The zero-order chi connectivity index (χ0) is 14.1. The smallest absolute Gasteiger partial charge is 0.0795 e. The molecule has 0 aromatic heterocycles. The van der Waals surface area contributed by atoms with E-state index in [0.29, 0.717) is 15.8 Å². The maximum absolute atomic E-state index is 8.95. The van der Waals surface area contributed by atoms with Gasteiger partial charge in [-0.2, -0.15) is 0 Å². The Bertz CT molecular complexity index is 455. The lowest BCUT2D eigenvalue weighted by Crippen LogP contribution is -1.93. The number of nitrogens with zero attached hydrogens (tertiary/aromatic N) is 1. The predicted octanol–water partition coefficient (Wildman–Crippen LogP) is 5.81. The lowest BCUT2D eigenvalue weighted by Gasteiger charge is -2.00. The first-order chi connectivity index (χ1) is 9.17. The topological polar surface area (TPSA) is 32.6 Å². The third-order valence-corrected chi connectivity index (χ3v) is 3.57. The van der Waals surface area contributed by atoms with Gasteiger partial charge in [-0.15, -0.1) is 0 Å². The fourth-order valence-corrected chi connectivity index (χ4v) is 2.01. The van der Waals surface area contributed by atoms with E-state index >= 15 is 0 Å². The van der Waals surface area contributed by atoms with Gasteiger partial charge in [-0.05, 0) is 36.6 Å². The van der Waals surface area contributed by atoms with Crippen molar-refractivity contribution in [3.05, 3.63) is 39.9 Å². The molecule has 0 aliphatic rings. The van der Waals surface area contributed by atoms with Crippen LogP contribution >= 0.6 is 23.2 Å². The average molecular weight is 300 g/mol. The van der Waals surface area contributed by atoms with Crippen LogP contribution in [0.2, 0.25) is 10.0 Å². The molecule has 0 bridgehead atoms. The highest BCUT2D eigenvalue weighted by atomic mass is 35.5. The summed E-state index contributed by atoms with van der Waals surface area (Å²) < 4.78 is 0. The monoisotopic (exact) mass is 299 g/mol. The van der Waals surface area contributed by atoms with Crippen LogP contribution < -0.4 is 0 Å². The molecule has 1 rings (SSSR count). The van der Waals surface area contributed by atoms with Crippen LogP contribution in [0.1, 0.15) is 44.6 Å². The van der Waals surface area contributed by atoms with Crippen molar-refractivity contribution in [3.63, 3.8) is 0 Å². The summed E-state index contributed by atoms with van der Waals surface area (Å²) in [7, 11) is 0. The van der Waals surface area contributed by atoms with Gasteiger partial charge in [0, 0.05) is 0 Å². The SMILES string of the molecule is CCCCCCC(/C=C\c1ccc(Cl)c(Cl)c1)=N\O. The summed E-state index contributed by atoms with van der Waals surface area (Å²) in [5.74, 6) is 0. The van der Waals surface area contributed by atoms with Gasteiger partial charge in [0.05, 0.1) is 15.8 Å². The predicted molar refractivity (Wildman–Crippen MR) is 83.5 cm³/mol. The number of halogens is 2. The Hall–Kier alpha value is -0.990. The van der Waals surface area contributed by atoms with E-state index in [1.54, 1.807) is 12.1 Å². The third-order valence-electron chi connectivity index (χ3n) is 2.83. The second kappa shape index (κ2) is 9.00. The Balaban J connectivity index is 2.55. The second-order valence-corrected chi connectivity index (χ2v) is 5.22. The molecule has 2 nitrogen and oxygen atoms in total. The molecule has 1 N–H and O–H groups in total. The van der Waals surface area contributed by atoms with E-state index in [1.165, 1.54) is 12.8 Å². The van der Waals surface area contributed by atoms with Gasteiger partial charge in [-0.3, -0.25) is 0 Å². The number of benzene rings is 1. The van der Waals surface area contributed by atoms with Crippen LogP contribution in [0.5, 0.6) is 0 Å². The number of unbranched alkanes of at least 4 members (excludes halogenated alkanes) is 3. The molecule has 1 aromatic rings. The maximum atomic E-state index is 8.95. The molecule has 0 aliphatic heterocycles. The van der Waals surface area contributed by atoms with E-state index in [0.717, 1.165) is 24.8 Å². The van der Waals surface area contributed by atoms with Crippen molar-refractivity contribution in [3.8, 4) is 0 Å². The van der Waals surface area contributed by atoms with Crippen LogP contribution in [0.4, 0.5) is 0 Å². The molecule has 0 atom stereocenters. The zero-order valence-electron chi connectivity index (χ0n) is 11.1. The largest absolute Gasteiger partial charge is 0.411 e. The van der Waals surface area contributed by atoms with E-state index in [-0.39, 0.29) is 0 Å². The van der Waals surface area contributed by atoms with E-state index in [4.69, 9.17) is 28.4 Å². The van der Waals surface area contributed by atoms with E-state index in [1.807, 2.05) is 18.2 Å². The number of hydrogen-bond acceptors (Lipinski definition) is 2. The van der Waals surface area contributed by atoms with Crippen LogP contribution in [-0.2, 0) is 0 Å². The number of hydrogen-bond donors (Lipinski definition) is 1. The van der Waals surface area contributed by atoms with Gasteiger partial charge in [-0.1, -0.05) is 66.7 Å². The molecule has 0 radical (unpaired) electrons. The van der Waals surface area contributed by atoms with E-state index in [2.05, 4.69) is 12.1 Å². The van der Waals surface area contributed by atoms with Gasteiger partial charge in [0.1, 0.15) is 0 Å². The Labute approximate surface area is 124 Å². The van der Waals surface area contributed by atoms with Gasteiger partial charge < -0.3 is 5.21 Å². The van der Waals surface area contributed by atoms with Gasteiger partial charge in [-0.25, -0.2) is 0 Å². The Morgan fingerprint density at radius 1 is 1.21 bits per heavy atom. The summed E-state index contributed by atoms with van der Waals surface area (Å²) >= 11 is 11.8. The standard InChI is InChI=1S/C15H19Cl2NO/c1-2-3-4-5-6-13(18-19)9-7-12-8-10-14(16)15(17)11-12/h7-11,19H,2-6H2,1H3/b9-7-,18-13+. The van der Waals surface area contributed by atoms with Crippen molar-refractivity contribution < 1.29 is 5.21 Å². The van der Waals surface area contributed by atoms with Crippen LogP contribution in [-0.4, -0.2) is 10.9 Å². The fraction of sp³-hybridized carbons (Fsp3) is 0.400. The van der Waals surface area contributed by atoms with Crippen molar-refractivity contribution in [2.75, 3.05) is 0 Å². The summed E-state index contributed by atoms with van der Waals surface area (Å²) in [4.78, 5) is 0. The number of oxime groups is 1. The van der Waals surface area contributed by atoms with Gasteiger partial charge in [0.15, 0.2) is 0 Å². The summed E-state index contributed by atoms with van der Waals surface area (Å²) in [6, 6.07) is 5.41. The van der Waals surface area contributed by atoms with Crippen molar-refractivity contribution in [1.82, 2.24) is 0 Å². The minimum absolute atomic E-state index is 0.522. The first-order valence-electron chi connectivity index (χ1n) is 6.51. The quantitative estimate of drug-likeness (QED) is 0.293. The number of rotatable bonds is 7. The molecule has 19 heavy (non-hydrogen) atoms. The Morgan fingerprint density at radius 2 is 2.00 bits per heavy atom. The highest BCUT2D eigenvalue weighted by molar-refractivity contribution is 6.42. The fourth-order valence-electron chi connectivity index (χ4n) is 1.71. The molecule has 0 spiro atoms. The van der Waals surface area contributed by atoms with Crippen molar-refractivity contribution in [1.29, 1.82) is 0 Å². The average Bonchev–Trinajstić information content (AvgIpc) is 2.42. The molecule has 0 amide bonds. The van der Waals surface area contributed by atoms with E-state index in [9.17, 15) is 0 Å². The van der Waals surface area contributed by atoms with Gasteiger partial charge in [0.25, 0.3) is 0 Å². The molecule has 0 unspecified atom stereocenters. The minimum atomic E-state index is 0.522. The number of allylic oxidation sites excluding steroid dienone is 1. The van der Waals surface area contributed by atoms with E-state index < -0.39 is 0 Å². The van der Waals surface area contributed by atoms with Gasteiger partial charge >= 0.3 is 0 Å². The molecule has 1 aromatic carbocycles. The first kappa shape index (κ1) is 16.1. The summed E-state index contributed by atoms with van der Waals surface area (Å²) in [6.45, 7) is 2.17. The first-order valence-corrected chi connectivity index (χ1v) is 7.27. The Kier molecular flexibility index (Phi) is 7.61. The second-order valence-electron chi connectivity index (χ2n) is 4.41. The highest BCUT2D eigenvalue weighted by Gasteiger charge is 1.99. The molecule has 0 saturated heterocycles. The summed E-state index contributed by atoms with van der Waals surface area (Å²) in [5.41, 5.74) is 1.62. The van der Waals surface area contributed by atoms with Crippen molar-refractivity contribution >= 4 is 35.0 Å². The van der Waals surface area contributed by atoms with Crippen LogP contribution in [0, 0.1) is 0 Å². The van der Waals surface area contributed by atoms with Crippen LogP contribution in [0.3, 0.4) is 0 Å². The minimum Gasteiger partial charge on any atom is -0.411 e. The molecule has 0 aliphatic carbocycles. The van der Waals surface area contributed by atoms with Gasteiger partial charge in [0.2, 0.25) is 0 Å². The highest BCUT2D eigenvalue weighted by Crippen LogP contribution is 2.23. The molecule has 4 heteroatoms. The molecular formula is C15H19Cl2NO. The Morgan fingerprint density at radius 3 is 2.63 bits per heavy atom. The molecular weight excluding hydrogens is 281 g/mol. The molecule has 0 saturated carbocycles. The normalized spacial score (nSPS) is 12.3. The zero-order valence-corrected chi connectivity index (χ0v) is 12.6. The van der Waals surface area contributed by atoms with Crippen molar-refractivity contribution in [2.24, 2.45) is 5.16 Å². The summed E-state index contributed by atoms with van der Waals surface area (Å²) in [6.07, 6.45) is 9.09. The molecule has 0 heterocycles. The maximum Gasteiger partial charge on any atom is 0.0795 e. The lowest BCUT2D eigenvalue weighted by molar-refractivity contribution is 0.318. The van der Waals surface area contributed by atoms with Crippen molar-refractivity contribution in [2.45, 2.75) is 39.0 Å². The van der Waals surface area contributed by atoms with Crippen LogP contribution in [0.25, 0.3) is 6.08 Å². The third kappa shape index (κ3) is 6.13. The van der Waals surface area contributed by atoms with Crippen LogP contribution in [0.15, 0.2) is 29.4 Å². The molecule has 104 valence electrons. The lowest BCUT2D eigenvalue weighted by atomic mass is 10.1. The molecule has 0 fully saturated rings. The summed E-state index contributed by atoms with van der Waals surface area (Å²) in [5, 5.41) is 13.3.